The zero-order valence-electron chi connectivity index (χ0n) is 15.3. The maximum absolute atomic E-state index is 13.9. The minimum Gasteiger partial charge on any atom is -0.361 e. The van der Waals surface area contributed by atoms with Crippen molar-refractivity contribution in [1.29, 1.82) is 0 Å². The Kier molecular flexibility index (Phi) is 4.30. The number of hydrogen-bond acceptors (Lipinski definition) is 4. The molecule has 1 aliphatic heterocycles. The average molecular weight is 369 g/mol. The van der Waals surface area contributed by atoms with Crippen molar-refractivity contribution in [3.63, 3.8) is 0 Å². The Labute approximate surface area is 155 Å². The highest BCUT2D eigenvalue weighted by molar-refractivity contribution is 6.46. The summed E-state index contributed by atoms with van der Waals surface area (Å²) in [6.45, 7) is 4.83. The summed E-state index contributed by atoms with van der Waals surface area (Å²) < 4.78 is 19.2. The lowest BCUT2D eigenvalue weighted by molar-refractivity contribution is -0.125. The fourth-order valence-corrected chi connectivity index (χ4v) is 3.74. The van der Waals surface area contributed by atoms with E-state index < -0.39 is 17.5 Å². The lowest BCUT2D eigenvalue weighted by Gasteiger charge is -2.14. The Balaban J connectivity index is 1.94. The van der Waals surface area contributed by atoms with Gasteiger partial charge in [-0.1, -0.05) is 12.1 Å². The first-order chi connectivity index (χ1) is 13.0. The van der Waals surface area contributed by atoms with Crippen molar-refractivity contribution in [3.8, 4) is 11.3 Å². The van der Waals surface area contributed by atoms with Crippen LogP contribution in [0.1, 0.15) is 41.6 Å². The topological polar surface area (TPSA) is 79.2 Å². The predicted molar refractivity (Wildman–Crippen MR) is 98.0 cm³/mol. The number of fused-ring (bicyclic) bond motifs is 1. The maximum atomic E-state index is 13.9. The van der Waals surface area contributed by atoms with E-state index in [1.165, 1.54) is 12.1 Å². The summed E-state index contributed by atoms with van der Waals surface area (Å²) in [7, 11) is 0. The van der Waals surface area contributed by atoms with Crippen LogP contribution in [0.2, 0.25) is 0 Å². The first-order valence-electron chi connectivity index (χ1n) is 9.11. The van der Waals surface area contributed by atoms with Gasteiger partial charge in [-0.05, 0) is 44.4 Å². The van der Waals surface area contributed by atoms with Crippen LogP contribution in [-0.2, 0) is 11.2 Å². The van der Waals surface area contributed by atoms with Crippen LogP contribution in [0.15, 0.2) is 22.7 Å². The number of Topliss-reactive ketones (excluding diaryl/α,β-unsaturated/α-hetero) is 1. The molecule has 4 rings (SSSR count). The molecule has 0 radical (unpaired) electrons. The molecule has 140 valence electrons. The molecule has 0 spiro atoms. The summed E-state index contributed by atoms with van der Waals surface area (Å²) >= 11 is 0. The molecule has 3 heterocycles. The van der Waals surface area contributed by atoms with Crippen molar-refractivity contribution in [2.24, 2.45) is 0 Å². The molecule has 7 heteroatoms. The molecule has 3 aromatic rings. The number of benzene rings is 1. The zero-order valence-corrected chi connectivity index (χ0v) is 15.3. The number of hydrogen-bond donors (Lipinski definition) is 1. The van der Waals surface area contributed by atoms with Crippen molar-refractivity contribution in [3.05, 3.63) is 41.0 Å². The van der Waals surface area contributed by atoms with Crippen LogP contribution in [0.25, 0.3) is 22.2 Å². The third-order valence-corrected chi connectivity index (χ3v) is 5.09. The number of carbonyl (C=O) groups excluding carboxylic acids is 2. The third-order valence-electron chi connectivity index (χ3n) is 5.09. The van der Waals surface area contributed by atoms with Crippen LogP contribution < -0.4 is 0 Å². The van der Waals surface area contributed by atoms with Gasteiger partial charge in [0.15, 0.2) is 0 Å². The Hall–Kier alpha value is -2.96. The Morgan fingerprint density at radius 2 is 2.04 bits per heavy atom. The van der Waals surface area contributed by atoms with Gasteiger partial charge in [0, 0.05) is 24.0 Å². The maximum Gasteiger partial charge on any atom is 0.295 e. The fraction of sp³-hybridized carbons (Fsp3) is 0.350. The van der Waals surface area contributed by atoms with Crippen molar-refractivity contribution < 1.29 is 18.5 Å². The predicted octanol–water partition coefficient (Wildman–Crippen LogP) is 3.64. The molecule has 0 atom stereocenters. The number of nitrogens with zero attached hydrogens (tertiary/aromatic N) is 2. The summed E-state index contributed by atoms with van der Waals surface area (Å²) in [6, 6.07) is 4.18. The Morgan fingerprint density at radius 3 is 2.74 bits per heavy atom. The minimum absolute atomic E-state index is 0.183. The van der Waals surface area contributed by atoms with Gasteiger partial charge in [-0.3, -0.25) is 9.59 Å². The number of nitrogens with one attached hydrogen (secondary N) is 1. The van der Waals surface area contributed by atoms with Gasteiger partial charge >= 0.3 is 0 Å². The van der Waals surface area contributed by atoms with E-state index in [1.807, 2.05) is 6.92 Å². The monoisotopic (exact) mass is 369 g/mol. The van der Waals surface area contributed by atoms with Crippen LogP contribution in [0, 0.1) is 12.7 Å². The first kappa shape index (κ1) is 17.5. The molecule has 6 nitrogen and oxygen atoms in total. The van der Waals surface area contributed by atoms with Crippen LogP contribution in [0.4, 0.5) is 4.39 Å². The summed E-state index contributed by atoms with van der Waals surface area (Å²) in [5.74, 6) is -1.10. The van der Waals surface area contributed by atoms with Crippen molar-refractivity contribution in [2.45, 2.75) is 33.1 Å². The van der Waals surface area contributed by atoms with E-state index in [4.69, 9.17) is 4.52 Å². The smallest absolute Gasteiger partial charge is 0.295 e. The molecule has 0 aliphatic carbocycles. The van der Waals surface area contributed by atoms with Gasteiger partial charge in [0.05, 0.1) is 22.5 Å². The van der Waals surface area contributed by atoms with E-state index in [9.17, 15) is 14.0 Å². The number of rotatable bonds is 4. The molecule has 1 aromatic carbocycles. The molecule has 0 unspecified atom stereocenters. The fourth-order valence-electron chi connectivity index (χ4n) is 3.74. The molecule has 1 N–H and O–H groups in total. The number of aryl methyl sites for hydroxylation is 2. The highest BCUT2D eigenvalue weighted by Crippen LogP contribution is 2.35. The highest BCUT2D eigenvalue weighted by Gasteiger charge is 2.32. The van der Waals surface area contributed by atoms with Crippen molar-refractivity contribution in [1.82, 2.24) is 15.0 Å². The molecular formula is C20H20FN3O3. The molecule has 27 heavy (non-hydrogen) atoms. The molecule has 0 saturated carbocycles. The van der Waals surface area contributed by atoms with Gasteiger partial charge < -0.3 is 14.4 Å². The molecule has 1 aliphatic rings. The number of likely N-dealkylation sites (tertiary alicyclic amines) is 1. The number of carbonyl (C=O) groups is 2. The number of ketones is 1. The summed E-state index contributed by atoms with van der Waals surface area (Å²) in [6.07, 6.45) is 2.38. The number of halogens is 1. The van der Waals surface area contributed by atoms with Gasteiger partial charge in [-0.2, -0.15) is 0 Å². The quantitative estimate of drug-likeness (QED) is 0.562. The summed E-state index contributed by atoms with van der Waals surface area (Å²) in [4.78, 5) is 30.7. The van der Waals surface area contributed by atoms with Gasteiger partial charge in [0.25, 0.3) is 11.7 Å². The van der Waals surface area contributed by atoms with Crippen molar-refractivity contribution in [2.75, 3.05) is 13.1 Å². The van der Waals surface area contributed by atoms with Gasteiger partial charge in [0.1, 0.15) is 11.6 Å². The van der Waals surface area contributed by atoms with Crippen molar-refractivity contribution >= 4 is 22.6 Å². The normalized spacial score (nSPS) is 14.3. The second kappa shape index (κ2) is 6.64. The average Bonchev–Trinajstić information content (AvgIpc) is 3.38. The van der Waals surface area contributed by atoms with E-state index in [0.29, 0.717) is 53.1 Å². The molecule has 0 bridgehead atoms. The first-order valence-corrected chi connectivity index (χ1v) is 9.11. The third kappa shape index (κ3) is 2.83. The number of aromatic nitrogens is 2. The Morgan fingerprint density at radius 1 is 1.30 bits per heavy atom. The van der Waals surface area contributed by atoms with E-state index in [0.717, 1.165) is 12.8 Å². The standard InChI is InChI=1S/C20H20FN3O3/c1-3-14-16(11(2)27-23-14)18-17(13-10-12(21)6-7-15(13)22-18)19(25)20(26)24-8-4-5-9-24/h6-7,10,22H,3-5,8-9H2,1-2H3. The van der Waals surface area contributed by atoms with Crippen LogP contribution in [0.3, 0.4) is 0 Å². The number of amides is 1. The van der Waals surface area contributed by atoms with Gasteiger partial charge in [-0.15, -0.1) is 0 Å². The molecule has 1 amide bonds. The molecular weight excluding hydrogens is 349 g/mol. The lowest BCUT2D eigenvalue weighted by Crippen LogP contribution is -2.34. The molecule has 1 saturated heterocycles. The summed E-state index contributed by atoms with van der Waals surface area (Å²) in [5, 5.41) is 4.44. The largest absolute Gasteiger partial charge is 0.361 e. The molecule has 1 fully saturated rings. The van der Waals surface area contributed by atoms with Crippen LogP contribution in [-0.4, -0.2) is 39.8 Å². The number of aromatic amines is 1. The molecule has 2 aromatic heterocycles. The Bertz CT molecular complexity index is 1040. The van der Waals surface area contributed by atoms with Crippen LogP contribution in [0.5, 0.6) is 0 Å². The van der Waals surface area contributed by atoms with E-state index >= 15 is 0 Å². The van der Waals surface area contributed by atoms with E-state index in [-0.39, 0.29) is 5.56 Å². The zero-order chi connectivity index (χ0) is 19.1. The van der Waals surface area contributed by atoms with E-state index in [2.05, 4.69) is 10.1 Å². The van der Waals surface area contributed by atoms with E-state index in [1.54, 1.807) is 17.9 Å². The second-order valence-corrected chi connectivity index (χ2v) is 6.81. The lowest BCUT2D eigenvalue weighted by atomic mass is 9.99. The summed E-state index contributed by atoms with van der Waals surface area (Å²) in [5.41, 5.74) is 2.58. The highest BCUT2D eigenvalue weighted by atomic mass is 19.1. The number of H-pyrrole nitrogens is 1. The SMILES string of the molecule is CCc1noc(C)c1-c1[nH]c2ccc(F)cc2c1C(=O)C(=O)N1CCCC1. The minimum atomic E-state index is -0.633. The van der Waals surface area contributed by atoms with Crippen LogP contribution >= 0.6 is 0 Å². The van der Waals surface area contributed by atoms with Gasteiger partial charge in [-0.25, -0.2) is 4.39 Å². The van der Waals surface area contributed by atoms with Gasteiger partial charge in [0.2, 0.25) is 0 Å². The second-order valence-electron chi connectivity index (χ2n) is 6.81.